The highest BCUT2D eigenvalue weighted by molar-refractivity contribution is 5.74. The monoisotopic (exact) mass is 420 g/mol. The van der Waals surface area contributed by atoms with Gasteiger partial charge in [-0.2, -0.15) is 4.39 Å². The molecule has 0 spiro atoms. The Morgan fingerprint density at radius 1 is 0.871 bits per heavy atom. The van der Waals surface area contributed by atoms with Gasteiger partial charge in [-0.05, 0) is 65.6 Å². The molecule has 1 aliphatic rings. The van der Waals surface area contributed by atoms with Crippen molar-refractivity contribution in [3.05, 3.63) is 96.3 Å². The first-order valence-electron chi connectivity index (χ1n) is 10.3. The van der Waals surface area contributed by atoms with E-state index in [1.54, 1.807) is 24.3 Å². The summed E-state index contributed by atoms with van der Waals surface area (Å²) in [7, 11) is 1.29. The zero-order valence-corrected chi connectivity index (χ0v) is 17.3. The van der Waals surface area contributed by atoms with Crippen LogP contribution >= 0.6 is 0 Å². The first-order valence-corrected chi connectivity index (χ1v) is 10.3. The van der Waals surface area contributed by atoms with Crippen molar-refractivity contribution in [2.24, 2.45) is 5.92 Å². The lowest BCUT2D eigenvalue weighted by molar-refractivity contribution is 0.372. The van der Waals surface area contributed by atoms with Gasteiger partial charge in [-0.15, -0.1) is 6.58 Å². The summed E-state index contributed by atoms with van der Waals surface area (Å²) in [5.41, 5.74) is 3.88. The zero-order chi connectivity index (χ0) is 22.0. The maximum atomic E-state index is 14.8. The van der Waals surface area contributed by atoms with Crippen molar-refractivity contribution in [1.29, 1.82) is 0 Å². The molecule has 3 aromatic carbocycles. The van der Waals surface area contributed by atoms with Crippen molar-refractivity contribution in [2.45, 2.75) is 19.3 Å². The fourth-order valence-corrected chi connectivity index (χ4v) is 4.02. The van der Waals surface area contributed by atoms with E-state index in [1.165, 1.54) is 25.3 Å². The van der Waals surface area contributed by atoms with E-state index in [4.69, 9.17) is 4.74 Å². The van der Waals surface area contributed by atoms with E-state index in [2.05, 4.69) is 12.7 Å². The molecule has 4 rings (SSSR count). The highest BCUT2D eigenvalue weighted by Gasteiger charge is 2.17. The second kappa shape index (κ2) is 8.84. The van der Waals surface area contributed by atoms with E-state index in [1.807, 2.05) is 18.2 Å². The van der Waals surface area contributed by atoms with Gasteiger partial charge in [-0.1, -0.05) is 48.6 Å². The van der Waals surface area contributed by atoms with Gasteiger partial charge in [-0.3, -0.25) is 0 Å². The SMILES string of the molecule is C=CC1CC=C(c2ccc(-c3ccc(-c4ccc(OC)c(F)c4F)cc3)cc2F)CC1. The molecule has 4 heteroatoms. The smallest absolute Gasteiger partial charge is 0.201 e. The molecule has 0 aromatic heterocycles. The third kappa shape index (κ3) is 4.15. The molecule has 0 amide bonds. The van der Waals surface area contributed by atoms with Crippen LogP contribution in [-0.4, -0.2) is 7.11 Å². The molecular formula is C27H23F3O. The number of methoxy groups -OCH3 is 1. The van der Waals surface area contributed by atoms with Crippen molar-refractivity contribution < 1.29 is 17.9 Å². The predicted octanol–water partition coefficient (Wildman–Crippen LogP) is 7.82. The minimum Gasteiger partial charge on any atom is -0.494 e. The Balaban J connectivity index is 1.59. The number of allylic oxidation sites excluding steroid dienone is 3. The van der Waals surface area contributed by atoms with Gasteiger partial charge in [0.25, 0.3) is 0 Å². The predicted molar refractivity (Wildman–Crippen MR) is 119 cm³/mol. The maximum Gasteiger partial charge on any atom is 0.201 e. The standard InChI is InChI=1S/C27H23F3O/c1-3-17-4-6-19(7-5-17)22-13-12-21(16-24(22)28)18-8-10-20(11-9-18)23-14-15-25(31-2)27(30)26(23)29/h3,6,8-17H,1,4-5,7H2,2H3. The first-order chi connectivity index (χ1) is 15.0. The summed E-state index contributed by atoms with van der Waals surface area (Å²) < 4.78 is 48.0. The summed E-state index contributed by atoms with van der Waals surface area (Å²) in [6.45, 7) is 3.84. The average Bonchev–Trinajstić information content (AvgIpc) is 2.81. The quantitative estimate of drug-likeness (QED) is 0.382. The van der Waals surface area contributed by atoms with Gasteiger partial charge >= 0.3 is 0 Å². The van der Waals surface area contributed by atoms with Gasteiger partial charge < -0.3 is 4.74 Å². The van der Waals surface area contributed by atoms with Crippen LogP contribution in [0.4, 0.5) is 13.2 Å². The molecule has 0 radical (unpaired) electrons. The Morgan fingerprint density at radius 3 is 2.16 bits per heavy atom. The molecule has 0 aliphatic heterocycles. The summed E-state index contributed by atoms with van der Waals surface area (Å²) in [5, 5.41) is 0. The van der Waals surface area contributed by atoms with Gasteiger partial charge in [0.2, 0.25) is 5.82 Å². The topological polar surface area (TPSA) is 9.23 Å². The molecule has 1 aliphatic carbocycles. The number of ether oxygens (including phenoxy) is 1. The van der Waals surface area contributed by atoms with Crippen LogP contribution in [0, 0.1) is 23.4 Å². The summed E-state index contributed by atoms with van der Waals surface area (Å²) in [6, 6.07) is 15.1. The van der Waals surface area contributed by atoms with Crippen LogP contribution in [0.1, 0.15) is 24.8 Å². The van der Waals surface area contributed by atoms with E-state index in [0.29, 0.717) is 17.0 Å². The Hall–Kier alpha value is -3.27. The fourth-order valence-electron chi connectivity index (χ4n) is 4.02. The van der Waals surface area contributed by atoms with Crippen LogP contribution in [0.15, 0.2) is 73.3 Å². The first kappa shape index (κ1) is 21.0. The van der Waals surface area contributed by atoms with E-state index in [-0.39, 0.29) is 17.1 Å². The lowest BCUT2D eigenvalue weighted by atomic mass is 9.86. The lowest BCUT2D eigenvalue weighted by Gasteiger charge is -2.19. The normalized spacial score (nSPS) is 16.0. The minimum absolute atomic E-state index is 0.137. The summed E-state index contributed by atoms with van der Waals surface area (Å²) >= 11 is 0. The molecule has 0 saturated carbocycles. The number of halogens is 3. The van der Waals surface area contributed by atoms with Crippen LogP contribution in [0.3, 0.4) is 0 Å². The number of hydrogen-bond donors (Lipinski definition) is 0. The fraction of sp³-hybridized carbons (Fsp3) is 0.185. The number of rotatable bonds is 5. The molecule has 1 unspecified atom stereocenters. The van der Waals surface area contributed by atoms with Crippen molar-refractivity contribution in [3.63, 3.8) is 0 Å². The third-order valence-electron chi connectivity index (χ3n) is 5.90. The highest BCUT2D eigenvalue weighted by Crippen LogP contribution is 2.35. The molecular weight excluding hydrogens is 397 g/mol. The zero-order valence-electron chi connectivity index (χ0n) is 17.3. The molecule has 3 aromatic rings. The van der Waals surface area contributed by atoms with Crippen LogP contribution in [-0.2, 0) is 0 Å². The van der Waals surface area contributed by atoms with E-state index < -0.39 is 11.6 Å². The molecule has 0 N–H and O–H groups in total. The Kier molecular flexibility index (Phi) is 5.99. The van der Waals surface area contributed by atoms with Gasteiger partial charge in [0.1, 0.15) is 5.82 Å². The molecule has 158 valence electrons. The lowest BCUT2D eigenvalue weighted by Crippen LogP contribution is -2.03. The molecule has 0 heterocycles. The molecule has 0 bridgehead atoms. The number of hydrogen-bond acceptors (Lipinski definition) is 1. The van der Waals surface area contributed by atoms with E-state index in [0.717, 1.165) is 36.0 Å². The third-order valence-corrected chi connectivity index (χ3v) is 5.90. The second-order valence-corrected chi connectivity index (χ2v) is 7.71. The van der Waals surface area contributed by atoms with Crippen molar-refractivity contribution in [3.8, 4) is 28.0 Å². The Bertz CT molecular complexity index is 1150. The molecule has 1 nitrogen and oxygen atoms in total. The van der Waals surface area contributed by atoms with Gasteiger partial charge in [0.15, 0.2) is 11.6 Å². The molecule has 31 heavy (non-hydrogen) atoms. The summed E-state index contributed by atoms with van der Waals surface area (Å²) in [4.78, 5) is 0. The van der Waals surface area contributed by atoms with Crippen molar-refractivity contribution in [1.82, 2.24) is 0 Å². The van der Waals surface area contributed by atoms with E-state index in [9.17, 15) is 13.2 Å². The molecule has 0 saturated heterocycles. The van der Waals surface area contributed by atoms with Crippen LogP contribution in [0.2, 0.25) is 0 Å². The molecule has 0 fully saturated rings. The Labute approximate surface area is 180 Å². The van der Waals surface area contributed by atoms with Crippen LogP contribution in [0.25, 0.3) is 27.8 Å². The van der Waals surface area contributed by atoms with Crippen LogP contribution in [0.5, 0.6) is 5.75 Å². The van der Waals surface area contributed by atoms with Gasteiger partial charge in [0.05, 0.1) is 7.11 Å². The second-order valence-electron chi connectivity index (χ2n) is 7.71. The largest absolute Gasteiger partial charge is 0.494 e. The minimum atomic E-state index is -1.02. The summed E-state index contributed by atoms with van der Waals surface area (Å²) in [6.07, 6.45) is 6.78. The van der Waals surface area contributed by atoms with E-state index >= 15 is 0 Å². The Morgan fingerprint density at radius 2 is 1.55 bits per heavy atom. The van der Waals surface area contributed by atoms with Crippen LogP contribution < -0.4 is 4.74 Å². The summed E-state index contributed by atoms with van der Waals surface area (Å²) in [5.74, 6) is -1.90. The van der Waals surface area contributed by atoms with Crippen molar-refractivity contribution in [2.75, 3.05) is 7.11 Å². The molecule has 1 atom stereocenters. The number of benzene rings is 3. The highest BCUT2D eigenvalue weighted by atomic mass is 19.2. The van der Waals surface area contributed by atoms with Crippen molar-refractivity contribution >= 4 is 5.57 Å². The average molecular weight is 420 g/mol. The van der Waals surface area contributed by atoms with Gasteiger partial charge in [-0.25, -0.2) is 8.78 Å². The maximum absolute atomic E-state index is 14.8. The van der Waals surface area contributed by atoms with Gasteiger partial charge in [0, 0.05) is 11.1 Å².